The monoisotopic (exact) mass is 507 g/mol. The first kappa shape index (κ1) is 24.9. The summed E-state index contributed by atoms with van der Waals surface area (Å²) in [6, 6.07) is 6.16. The highest BCUT2D eigenvalue weighted by molar-refractivity contribution is 8.33. The van der Waals surface area contributed by atoms with Gasteiger partial charge in [-0.25, -0.2) is 14.8 Å². The Morgan fingerprint density at radius 3 is 2.50 bits per heavy atom. The number of nitrogens with one attached hydrogen (secondary N) is 3. The Bertz CT molecular complexity index is 1110. The predicted octanol–water partition coefficient (Wildman–Crippen LogP) is 4.11. The van der Waals surface area contributed by atoms with Crippen LogP contribution >= 0.6 is 21.6 Å². The molecule has 1 atom stereocenters. The average molecular weight is 508 g/mol. The molecule has 1 aromatic heterocycles. The molecule has 4 rings (SSSR count). The molecule has 1 saturated carbocycles. The molecule has 2 heterocycles. The van der Waals surface area contributed by atoms with Gasteiger partial charge in [0.2, 0.25) is 5.91 Å². The van der Waals surface area contributed by atoms with Crippen molar-refractivity contribution in [3.63, 3.8) is 0 Å². The van der Waals surface area contributed by atoms with E-state index in [1.54, 1.807) is 23.1 Å². The summed E-state index contributed by atoms with van der Waals surface area (Å²) in [6.07, 6.45) is 9.42. The molecule has 10 heteroatoms. The van der Waals surface area contributed by atoms with Crippen LogP contribution in [0.4, 0.5) is 10.6 Å². The van der Waals surface area contributed by atoms with E-state index in [1.807, 2.05) is 19.9 Å². The molecular formula is C24H34ClN5O3S. The molecule has 1 fully saturated rings. The van der Waals surface area contributed by atoms with Crippen molar-refractivity contribution in [3.05, 3.63) is 46.1 Å². The molecule has 8 nitrogen and oxygen atoms in total. The van der Waals surface area contributed by atoms with Gasteiger partial charge in [-0.15, -0.1) is 0 Å². The Morgan fingerprint density at radius 2 is 1.94 bits per heavy atom. The van der Waals surface area contributed by atoms with Crippen molar-refractivity contribution in [2.75, 3.05) is 30.7 Å². The highest BCUT2D eigenvalue weighted by Crippen LogP contribution is 2.60. The number of carbonyl (C=O) groups excluding carboxylic acids is 2. The van der Waals surface area contributed by atoms with Crippen molar-refractivity contribution in [2.45, 2.75) is 56.0 Å². The first-order valence-corrected chi connectivity index (χ1v) is 14.7. The number of aliphatic hydroxyl groups is 1. The van der Waals surface area contributed by atoms with Crippen LogP contribution in [-0.4, -0.2) is 62.3 Å². The highest BCUT2D eigenvalue weighted by atomic mass is 35.5. The van der Waals surface area contributed by atoms with E-state index in [0.717, 1.165) is 30.5 Å². The van der Waals surface area contributed by atoms with Gasteiger partial charge in [-0.2, -0.15) is 5.10 Å². The maximum Gasteiger partial charge on any atom is 0.319 e. The number of H-pyrrole nitrogens is 1. The first-order chi connectivity index (χ1) is 15.9. The van der Waals surface area contributed by atoms with E-state index >= 15 is 0 Å². The summed E-state index contributed by atoms with van der Waals surface area (Å²) < 4.78 is -0.326. The minimum absolute atomic E-state index is 0.0234. The molecule has 3 amide bonds. The number of carbonyl (C=O) groups is 2. The molecule has 0 spiro atoms. The van der Waals surface area contributed by atoms with Gasteiger partial charge in [-0.3, -0.25) is 9.89 Å². The number of fused-ring (bicyclic) bond motifs is 1. The van der Waals surface area contributed by atoms with Gasteiger partial charge in [0.05, 0.1) is 35.2 Å². The van der Waals surface area contributed by atoms with Crippen LogP contribution in [0.3, 0.4) is 0 Å². The molecule has 2 aliphatic rings. The fourth-order valence-electron chi connectivity index (χ4n) is 4.99. The number of amides is 3. The molecule has 1 aliphatic carbocycles. The van der Waals surface area contributed by atoms with Crippen LogP contribution in [0.1, 0.15) is 56.0 Å². The van der Waals surface area contributed by atoms with Gasteiger partial charge in [0.1, 0.15) is 0 Å². The third kappa shape index (κ3) is 3.97. The van der Waals surface area contributed by atoms with Gasteiger partial charge >= 0.3 is 6.03 Å². The summed E-state index contributed by atoms with van der Waals surface area (Å²) in [7, 11) is -1.10. The highest BCUT2D eigenvalue weighted by Gasteiger charge is 2.51. The van der Waals surface area contributed by atoms with Crippen molar-refractivity contribution in [2.24, 2.45) is 0 Å². The molecule has 4 N–H and O–H groups in total. The van der Waals surface area contributed by atoms with Gasteiger partial charge in [-0.05, 0) is 63.5 Å². The quantitative estimate of drug-likeness (QED) is 0.471. The smallest absolute Gasteiger partial charge is 0.319 e. The third-order valence-electron chi connectivity index (χ3n) is 7.46. The van der Waals surface area contributed by atoms with Crippen LogP contribution in [0.5, 0.6) is 0 Å². The third-order valence-corrected chi connectivity index (χ3v) is 10.7. The lowest BCUT2D eigenvalue weighted by atomic mass is 9.83. The number of nitrogens with zero attached hydrogens (tertiary/aromatic N) is 2. The number of anilines is 1. The summed E-state index contributed by atoms with van der Waals surface area (Å²) in [4.78, 5) is 28.3. The van der Waals surface area contributed by atoms with E-state index in [9.17, 15) is 14.7 Å². The van der Waals surface area contributed by atoms with E-state index in [2.05, 4.69) is 39.6 Å². The van der Waals surface area contributed by atoms with E-state index in [4.69, 9.17) is 11.6 Å². The van der Waals surface area contributed by atoms with Crippen LogP contribution in [0.25, 0.3) is 0 Å². The lowest BCUT2D eigenvalue weighted by molar-refractivity contribution is -0.120. The zero-order valence-electron chi connectivity index (χ0n) is 20.4. The Labute approximate surface area is 207 Å². The predicted molar refractivity (Wildman–Crippen MR) is 138 cm³/mol. The van der Waals surface area contributed by atoms with Crippen LogP contribution in [-0.2, 0) is 16.9 Å². The molecule has 2 aromatic rings. The van der Waals surface area contributed by atoms with Gasteiger partial charge in [0, 0.05) is 10.6 Å². The largest absolute Gasteiger partial charge is 0.394 e. The number of hydrogen-bond acceptors (Lipinski definition) is 4. The number of aromatic nitrogens is 2. The topological polar surface area (TPSA) is 110 Å². The molecular weight excluding hydrogens is 474 g/mol. The average Bonchev–Trinajstić information content (AvgIpc) is 3.23. The fourth-order valence-corrected chi connectivity index (χ4v) is 7.38. The Kier molecular flexibility index (Phi) is 6.42. The standard InChI is InChI=1S/C24H34ClN5O3S/c1-23(2)19-16(20(29-28-19)27-21(32)24(11-8-12-24)34(3,4)5)13-30(23)22(33)26-18(14-31)15-9-6-7-10-17(15)25/h6-7,9-10,18,31H,8,11-14H2,1-5H3,(H,26,33)(H2,27,28,29,32)/t18-/m1/s1. The summed E-state index contributed by atoms with van der Waals surface area (Å²) >= 11 is 6.28. The molecule has 1 aromatic carbocycles. The second-order valence-electron chi connectivity index (χ2n) is 10.4. The second kappa shape index (κ2) is 8.77. The lowest BCUT2D eigenvalue weighted by Gasteiger charge is -2.53. The van der Waals surface area contributed by atoms with Crippen molar-refractivity contribution in [1.29, 1.82) is 0 Å². The first-order valence-electron chi connectivity index (χ1n) is 11.4. The van der Waals surface area contributed by atoms with Gasteiger partial charge < -0.3 is 20.6 Å². The number of hydrogen-bond donors (Lipinski definition) is 4. The van der Waals surface area contributed by atoms with E-state index in [1.165, 1.54) is 0 Å². The minimum atomic E-state index is -1.10. The van der Waals surface area contributed by atoms with Gasteiger partial charge in [0.25, 0.3) is 0 Å². The van der Waals surface area contributed by atoms with Crippen molar-refractivity contribution < 1.29 is 14.7 Å². The maximum absolute atomic E-state index is 13.3. The van der Waals surface area contributed by atoms with E-state index < -0.39 is 21.6 Å². The van der Waals surface area contributed by atoms with Crippen LogP contribution in [0.2, 0.25) is 5.02 Å². The Morgan fingerprint density at radius 1 is 1.26 bits per heavy atom. The number of aliphatic hydroxyl groups excluding tert-OH is 1. The van der Waals surface area contributed by atoms with Gasteiger partial charge in [-0.1, -0.05) is 29.8 Å². The molecule has 1 aliphatic heterocycles. The van der Waals surface area contributed by atoms with Crippen LogP contribution < -0.4 is 10.6 Å². The lowest BCUT2D eigenvalue weighted by Crippen LogP contribution is -2.51. The van der Waals surface area contributed by atoms with Crippen molar-refractivity contribution in [1.82, 2.24) is 20.4 Å². The molecule has 0 saturated heterocycles. The summed E-state index contributed by atoms with van der Waals surface area (Å²) in [5, 5.41) is 23.8. The van der Waals surface area contributed by atoms with E-state index in [-0.39, 0.29) is 29.8 Å². The zero-order valence-corrected chi connectivity index (χ0v) is 21.9. The van der Waals surface area contributed by atoms with E-state index in [0.29, 0.717) is 16.4 Å². The van der Waals surface area contributed by atoms with Crippen molar-refractivity contribution in [3.8, 4) is 0 Å². The zero-order chi connectivity index (χ0) is 24.9. The number of rotatable bonds is 6. The number of aromatic amines is 1. The summed E-state index contributed by atoms with van der Waals surface area (Å²) in [5.74, 6) is 0.512. The molecule has 34 heavy (non-hydrogen) atoms. The summed E-state index contributed by atoms with van der Waals surface area (Å²) in [6.45, 7) is 3.86. The minimum Gasteiger partial charge on any atom is -0.394 e. The van der Waals surface area contributed by atoms with Crippen LogP contribution in [0, 0.1) is 0 Å². The number of benzene rings is 1. The van der Waals surface area contributed by atoms with Gasteiger partial charge in [0.15, 0.2) is 5.82 Å². The number of halogens is 1. The Hall–Kier alpha value is -2.23. The maximum atomic E-state index is 13.3. The van der Waals surface area contributed by atoms with Crippen LogP contribution in [0.15, 0.2) is 24.3 Å². The molecule has 186 valence electrons. The SMILES string of the molecule is CC1(C)c2[nH]nc(NC(=O)C3(S(C)(C)C)CCC3)c2CN1C(=O)N[C@H](CO)c1ccccc1Cl. The second-order valence-corrected chi connectivity index (χ2v) is 15.3. The van der Waals surface area contributed by atoms with Crippen molar-refractivity contribution >= 4 is 39.4 Å². The molecule has 0 unspecified atom stereocenters. The number of urea groups is 1. The fraction of sp³-hybridized carbons (Fsp3) is 0.542. The summed E-state index contributed by atoms with van der Waals surface area (Å²) in [5.41, 5.74) is 1.58. The Balaban J connectivity index is 1.53. The normalized spacial score (nSPS) is 19.7. The molecule has 0 bridgehead atoms. The molecule has 0 radical (unpaired) electrons.